The van der Waals surface area contributed by atoms with Crippen molar-refractivity contribution in [2.24, 2.45) is 5.73 Å². The maximum Gasteiger partial charge on any atom is 0.171 e. The molecule has 1 aromatic heterocycles. The quantitative estimate of drug-likeness (QED) is 0.846. The third-order valence-electron chi connectivity index (χ3n) is 2.97. The number of hydrogen-bond acceptors (Lipinski definition) is 5. The van der Waals surface area contributed by atoms with Crippen LogP contribution in [0, 0.1) is 0 Å². The van der Waals surface area contributed by atoms with Crippen molar-refractivity contribution in [2.45, 2.75) is 25.7 Å². The Bertz CT molecular complexity index is 537. The van der Waals surface area contributed by atoms with E-state index in [1.807, 2.05) is 13.0 Å². The van der Waals surface area contributed by atoms with E-state index in [1.54, 1.807) is 37.6 Å². The van der Waals surface area contributed by atoms with Gasteiger partial charge in [0.25, 0.3) is 0 Å². The van der Waals surface area contributed by atoms with Crippen LogP contribution >= 0.6 is 0 Å². The van der Waals surface area contributed by atoms with Crippen molar-refractivity contribution < 1.29 is 19.0 Å². The van der Waals surface area contributed by atoms with Crippen molar-refractivity contribution in [3.8, 4) is 11.5 Å². The van der Waals surface area contributed by atoms with Gasteiger partial charge in [0, 0.05) is 6.04 Å². The number of aliphatic hydroxyl groups is 1. The number of methoxy groups -OCH3 is 1. The summed E-state index contributed by atoms with van der Waals surface area (Å²) in [5, 5.41) is 9.14. The van der Waals surface area contributed by atoms with Gasteiger partial charge in [0.15, 0.2) is 17.6 Å². The highest BCUT2D eigenvalue weighted by Gasteiger charge is 2.22. The number of benzene rings is 1. The molecule has 20 heavy (non-hydrogen) atoms. The molecule has 0 aliphatic rings. The van der Waals surface area contributed by atoms with E-state index in [4.69, 9.17) is 24.7 Å². The molecular formula is C15H19NO4. The highest BCUT2D eigenvalue weighted by atomic mass is 16.5. The van der Waals surface area contributed by atoms with Gasteiger partial charge in [0.1, 0.15) is 5.76 Å². The molecule has 2 atom stereocenters. The Labute approximate surface area is 117 Å². The second-order valence-corrected chi connectivity index (χ2v) is 4.56. The van der Waals surface area contributed by atoms with Crippen LogP contribution in [0.2, 0.25) is 0 Å². The number of ether oxygens (including phenoxy) is 2. The summed E-state index contributed by atoms with van der Waals surface area (Å²) in [6.45, 7) is 1.80. The molecule has 0 fully saturated rings. The minimum absolute atomic E-state index is 0.0501. The van der Waals surface area contributed by atoms with Gasteiger partial charge < -0.3 is 24.7 Å². The first kappa shape index (κ1) is 14.4. The molecule has 2 rings (SSSR count). The van der Waals surface area contributed by atoms with Crippen molar-refractivity contribution >= 4 is 0 Å². The first-order valence-corrected chi connectivity index (χ1v) is 6.39. The zero-order valence-corrected chi connectivity index (χ0v) is 11.6. The van der Waals surface area contributed by atoms with Gasteiger partial charge in [-0.05, 0) is 36.8 Å². The molecule has 2 aromatic rings. The molecule has 0 radical (unpaired) electrons. The number of aliphatic hydroxyl groups excluding tert-OH is 1. The average molecular weight is 277 g/mol. The van der Waals surface area contributed by atoms with E-state index in [0.29, 0.717) is 17.3 Å². The summed E-state index contributed by atoms with van der Waals surface area (Å²) >= 11 is 0. The summed E-state index contributed by atoms with van der Waals surface area (Å²) in [7, 11) is 1.55. The molecule has 0 saturated carbocycles. The fraction of sp³-hybridized carbons (Fsp3) is 0.333. The molecule has 1 aromatic carbocycles. The van der Waals surface area contributed by atoms with Gasteiger partial charge in [0.05, 0.1) is 20.0 Å². The fourth-order valence-corrected chi connectivity index (χ4v) is 1.92. The summed E-state index contributed by atoms with van der Waals surface area (Å²) in [6, 6.07) is 8.63. The van der Waals surface area contributed by atoms with Crippen LogP contribution in [0.4, 0.5) is 0 Å². The second kappa shape index (κ2) is 6.45. The van der Waals surface area contributed by atoms with Crippen LogP contribution in [0.5, 0.6) is 11.5 Å². The van der Waals surface area contributed by atoms with Gasteiger partial charge in [-0.1, -0.05) is 6.07 Å². The largest absolute Gasteiger partial charge is 0.493 e. The van der Waals surface area contributed by atoms with Gasteiger partial charge in [-0.3, -0.25) is 0 Å². The van der Waals surface area contributed by atoms with Gasteiger partial charge in [-0.25, -0.2) is 0 Å². The van der Waals surface area contributed by atoms with E-state index in [0.717, 1.165) is 5.56 Å². The molecule has 3 N–H and O–H groups in total. The van der Waals surface area contributed by atoms with Crippen LogP contribution in [0.1, 0.15) is 24.4 Å². The lowest BCUT2D eigenvalue weighted by molar-refractivity contribution is 0.147. The van der Waals surface area contributed by atoms with E-state index < -0.39 is 6.10 Å². The van der Waals surface area contributed by atoms with E-state index >= 15 is 0 Å². The highest BCUT2D eigenvalue weighted by Crippen LogP contribution is 2.33. The van der Waals surface area contributed by atoms with Crippen LogP contribution in [-0.4, -0.2) is 18.3 Å². The van der Waals surface area contributed by atoms with Gasteiger partial charge in [-0.2, -0.15) is 0 Å². The first-order chi connectivity index (χ1) is 9.65. The predicted octanol–water partition coefficient (Wildman–Crippen LogP) is 2.25. The summed E-state index contributed by atoms with van der Waals surface area (Å²) in [6.07, 6.45) is 1.18. The molecule has 2 unspecified atom stereocenters. The predicted molar refractivity (Wildman–Crippen MR) is 74.6 cm³/mol. The Balaban J connectivity index is 2.27. The maximum atomic E-state index is 9.14. The highest BCUT2D eigenvalue weighted by molar-refractivity contribution is 5.43. The summed E-state index contributed by atoms with van der Waals surface area (Å²) < 4.78 is 16.6. The second-order valence-electron chi connectivity index (χ2n) is 4.56. The summed E-state index contributed by atoms with van der Waals surface area (Å²) in [5.41, 5.74) is 6.71. The molecule has 0 saturated heterocycles. The van der Waals surface area contributed by atoms with Crippen molar-refractivity contribution in [2.75, 3.05) is 7.11 Å². The molecule has 0 aliphatic heterocycles. The maximum absolute atomic E-state index is 9.14. The molecule has 0 spiro atoms. The van der Waals surface area contributed by atoms with Crippen LogP contribution < -0.4 is 15.2 Å². The monoisotopic (exact) mass is 277 g/mol. The lowest BCUT2D eigenvalue weighted by Crippen LogP contribution is -2.28. The standard InChI is InChI=1S/C15H19NO4/c1-10(16)15(13-4-3-7-19-13)20-12-6-5-11(9-17)8-14(12)18-2/h3-8,10,15,17H,9,16H2,1-2H3. The number of rotatable bonds is 6. The molecule has 1 heterocycles. The smallest absolute Gasteiger partial charge is 0.171 e. The molecule has 5 nitrogen and oxygen atoms in total. The minimum Gasteiger partial charge on any atom is -0.493 e. The third-order valence-corrected chi connectivity index (χ3v) is 2.97. The van der Waals surface area contributed by atoms with Gasteiger partial charge in [-0.15, -0.1) is 0 Å². The van der Waals surface area contributed by atoms with Crippen molar-refractivity contribution in [1.29, 1.82) is 0 Å². The van der Waals surface area contributed by atoms with E-state index in [-0.39, 0.29) is 12.6 Å². The average Bonchev–Trinajstić information content (AvgIpc) is 2.98. The zero-order chi connectivity index (χ0) is 14.5. The van der Waals surface area contributed by atoms with Gasteiger partial charge >= 0.3 is 0 Å². The van der Waals surface area contributed by atoms with Crippen LogP contribution in [-0.2, 0) is 6.61 Å². The molecule has 0 bridgehead atoms. The van der Waals surface area contributed by atoms with Crippen LogP contribution in [0.25, 0.3) is 0 Å². The van der Waals surface area contributed by atoms with Crippen molar-refractivity contribution in [3.05, 3.63) is 47.9 Å². The Hall–Kier alpha value is -1.98. The minimum atomic E-state index is -0.404. The van der Waals surface area contributed by atoms with E-state index in [1.165, 1.54) is 0 Å². The van der Waals surface area contributed by atoms with Crippen molar-refractivity contribution in [3.63, 3.8) is 0 Å². The van der Waals surface area contributed by atoms with Crippen molar-refractivity contribution in [1.82, 2.24) is 0 Å². The van der Waals surface area contributed by atoms with E-state index in [9.17, 15) is 0 Å². The first-order valence-electron chi connectivity index (χ1n) is 6.39. The molecule has 0 amide bonds. The summed E-state index contributed by atoms with van der Waals surface area (Å²) in [5.74, 6) is 1.77. The molecule has 5 heteroatoms. The van der Waals surface area contributed by atoms with Crippen LogP contribution in [0.15, 0.2) is 41.0 Å². The molecular weight excluding hydrogens is 258 g/mol. The Morgan fingerprint density at radius 2 is 2.10 bits per heavy atom. The molecule has 108 valence electrons. The number of nitrogens with two attached hydrogens (primary N) is 1. The SMILES string of the molecule is COc1cc(CO)ccc1OC(c1ccco1)C(C)N. The lowest BCUT2D eigenvalue weighted by Gasteiger charge is -2.22. The lowest BCUT2D eigenvalue weighted by atomic mass is 10.1. The summed E-state index contributed by atoms with van der Waals surface area (Å²) in [4.78, 5) is 0. The zero-order valence-electron chi connectivity index (χ0n) is 11.6. The van der Waals surface area contributed by atoms with Gasteiger partial charge in [0.2, 0.25) is 0 Å². The van der Waals surface area contributed by atoms with Crippen LogP contribution in [0.3, 0.4) is 0 Å². The Morgan fingerprint density at radius 3 is 2.65 bits per heavy atom. The fourth-order valence-electron chi connectivity index (χ4n) is 1.92. The van der Waals surface area contributed by atoms with E-state index in [2.05, 4.69) is 0 Å². The Kier molecular flexibility index (Phi) is 4.65. The molecule has 0 aliphatic carbocycles. The normalized spacial score (nSPS) is 13.8. The number of furan rings is 1. The third kappa shape index (κ3) is 3.12. The topological polar surface area (TPSA) is 77.8 Å². The Morgan fingerprint density at radius 1 is 1.30 bits per heavy atom. The number of hydrogen-bond donors (Lipinski definition) is 2.